The van der Waals surface area contributed by atoms with Crippen molar-refractivity contribution in [3.05, 3.63) is 72.1 Å². The first-order valence-electron chi connectivity index (χ1n) is 19.0. The first-order valence-corrected chi connectivity index (χ1v) is 23.5. The normalized spacial score (nSPS) is 13.0. The molecule has 260 valence electrons. The molecule has 0 saturated carbocycles. The number of aryl methyl sites for hydroxylation is 2. The second-order valence-electron chi connectivity index (χ2n) is 16.9. The van der Waals surface area contributed by atoms with E-state index in [0.29, 0.717) is 33.2 Å². The summed E-state index contributed by atoms with van der Waals surface area (Å²) in [5.41, 5.74) is 16.4. The summed E-state index contributed by atoms with van der Waals surface area (Å²) in [6.07, 6.45) is 0. The topological polar surface area (TPSA) is 9.86 Å². The molecular formula is C46H58N2Si2. The van der Waals surface area contributed by atoms with Gasteiger partial charge in [-0.2, -0.15) is 0 Å². The lowest BCUT2D eigenvalue weighted by Crippen LogP contribution is -2.43. The zero-order valence-electron chi connectivity index (χ0n) is 33.1. The number of benzene rings is 4. The van der Waals surface area contributed by atoms with Crippen LogP contribution in [0.4, 0.5) is 0 Å². The van der Waals surface area contributed by atoms with Crippen LogP contribution in [0.1, 0.15) is 94.5 Å². The van der Waals surface area contributed by atoms with Gasteiger partial charge in [-0.15, -0.1) is 11.1 Å². The molecule has 0 aliphatic carbocycles. The van der Waals surface area contributed by atoms with Crippen LogP contribution in [-0.2, 0) is 14.1 Å². The number of rotatable bonds is 6. The highest BCUT2D eigenvalue weighted by molar-refractivity contribution is 6.91. The van der Waals surface area contributed by atoms with Crippen molar-refractivity contribution in [2.24, 2.45) is 14.1 Å². The Morgan fingerprint density at radius 1 is 0.400 bits per heavy atom. The van der Waals surface area contributed by atoms with E-state index in [4.69, 9.17) is 0 Å². The van der Waals surface area contributed by atoms with Crippen molar-refractivity contribution in [1.82, 2.24) is 9.13 Å². The molecule has 6 aromatic rings. The maximum atomic E-state index is 3.96. The molecule has 0 fully saturated rings. The van der Waals surface area contributed by atoms with Crippen LogP contribution < -0.4 is 0 Å². The number of hydrogen-bond acceptors (Lipinski definition) is 0. The summed E-state index contributed by atoms with van der Waals surface area (Å²) in [5, 5.41) is 10.3. The fraction of sp³-hybridized carbons (Fsp3) is 0.435. The molecule has 4 heteroatoms. The van der Waals surface area contributed by atoms with E-state index in [1.54, 1.807) is 0 Å². The Hall–Kier alpha value is -3.71. The summed E-state index contributed by atoms with van der Waals surface area (Å²) < 4.78 is 4.67. The maximum Gasteiger partial charge on any atom is 0.146 e. The van der Waals surface area contributed by atoms with Crippen LogP contribution in [0.25, 0.3) is 54.1 Å². The van der Waals surface area contributed by atoms with Crippen molar-refractivity contribution in [2.75, 3.05) is 0 Å². The Bertz CT molecular complexity index is 2180. The predicted octanol–water partition coefficient (Wildman–Crippen LogP) is 13.3. The minimum Gasteiger partial charge on any atom is -0.337 e. The van der Waals surface area contributed by atoms with Crippen LogP contribution in [0, 0.1) is 22.9 Å². The summed E-state index contributed by atoms with van der Waals surface area (Å²) in [4.78, 5) is 0. The summed E-state index contributed by atoms with van der Waals surface area (Å²) in [7, 11) is 0.734. The van der Waals surface area contributed by atoms with E-state index >= 15 is 0 Å². The zero-order chi connectivity index (χ0) is 36.4. The minimum atomic E-state index is -1.83. The first-order chi connectivity index (χ1) is 23.6. The van der Waals surface area contributed by atoms with E-state index in [1.807, 2.05) is 0 Å². The quantitative estimate of drug-likeness (QED) is 0.0933. The molecule has 0 aliphatic heterocycles. The van der Waals surface area contributed by atoms with Crippen molar-refractivity contribution in [3.63, 3.8) is 0 Å². The first kappa shape index (κ1) is 36.1. The third-order valence-electron chi connectivity index (χ3n) is 12.7. The van der Waals surface area contributed by atoms with Crippen molar-refractivity contribution in [3.8, 4) is 22.9 Å². The molecule has 0 saturated heterocycles. The lowest BCUT2D eigenvalue weighted by Gasteiger charge is -2.38. The summed E-state index contributed by atoms with van der Waals surface area (Å²) in [6, 6.07) is 23.2. The number of nitrogens with zero attached hydrogens (tertiary/aromatic N) is 2. The molecule has 2 aromatic heterocycles. The Kier molecular flexibility index (Phi) is 9.47. The molecular weight excluding hydrogens is 637 g/mol. The third kappa shape index (κ3) is 5.37. The molecule has 0 spiro atoms. The van der Waals surface area contributed by atoms with Gasteiger partial charge in [-0.25, -0.2) is 0 Å². The fourth-order valence-corrected chi connectivity index (χ4v) is 20.6. The zero-order valence-corrected chi connectivity index (χ0v) is 35.1. The van der Waals surface area contributed by atoms with E-state index in [-0.39, 0.29) is 0 Å². The number of fused-ring (bicyclic) bond motifs is 9. The van der Waals surface area contributed by atoms with Gasteiger partial charge in [0.25, 0.3) is 0 Å². The van der Waals surface area contributed by atoms with Gasteiger partial charge in [0.2, 0.25) is 0 Å². The highest BCUT2D eigenvalue weighted by Crippen LogP contribution is 2.43. The lowest BCUT2D eigenvalue weighted by atomic mass is 9.95. The van der Waals surface area contributed by atoms with Crippen LogP contribution in [0.2, 0.25) is 33.2 Å². The predicted molar refractivity (Wildman–Crippen MR) is 228 cm³/mol. The van der Waals surface area contributed by atoms with Gasteiger partial charge in [0.1, 0.15) is 16.1 Å². The SMILES string of the molecule is CC(C)[Si](C#Cc1cc2ccc3c4ccc5c(ccc6cc(C#C[Si](C(C)C)(C(C)C)C(C)C)n(C)c65)c4ccc3c2n1C)(C(C)C)C(C)C. The van der Waals surface area contributed by atoms with Gasteiger partial charge >= 0.3 is 0 Å². The average Bonchev–Trinajstić information content (AvgIpc) is 3.55. The van der Waals surface area contributed by atoms with Gasteiger partial charge in [-0.3, -0.25) is 0 Å². The lowest BCUT2D eigenvalue weighted by molar-refractivity contribution is 0.838. The number of hydrogen-bond donors (Lipinski definition) is 0. The molecule has 0 N–H and O–H groups in total. The fourth-order valence-electron chi connectivity index (χ4n) is 10.2. The molecule has 0 radical (unpaired) electrons. The Morgan fingerprint density at radius 2 is 0.660 bits per heavy atom. The maximum absolute atomic E-state index is 3.96. The Balaban J connectivity index is 1.51. The molecule has 0 aliphatic rings. The second-order valence-corrected chi connectivity index (χ2v) is 28.1. The van der Waals surface area contributed by atoms with Crippen LogP contribution in [0.5, 0.6) is 0 Å². The largest absolute Gasteiger partial charge is 0.337 e. The molecule has 0 bridgehead atoms. The van der Waals surface area contributed by atoms with Crippen LogP contribution in [0.3, 0.4) is 0 Å². The van der Waals surface area contributed by atoms with E-state index in [9.17, 15) is 0 Å². The van der Waals surface area contributed by atoms with Crippen LogP contribution in [-0.4, -0.2) is 25.3 Å². The summed E-state index contributed by atoms with van der Waals surface area (Å²) in [6.45, 7) is 28.7. The molecule has 2 nitrogen and oxygen atoms in total. The third-order valence-corrected chi connectivity index (χ3v) is 25.3. The average molecular weight is 695 g/mol. The van der Waals surface area contributed by atoms with Gasteiger partial charge in [-0.05, 0) is 66.9 Å². The summed E-state index contributed by atoms with van der Waals surface area (Å²) >= 11 is 0. The van der Waals surface area contributed by atoms with Gasteiger partial charge < -0.3 is 9.13 Å². The molecule has 4 aromatic carbocycles. The molecule has 0 amide bonds. The van der Waals surface area contributed by atoms with Crippen LogP contribution >= 0.6 is 0 Å². The molecule has 50 heavy (non-hydrogen) atoms. The Morgan fingerprint density at radius 3 is 0.960 bits per heavy atom. The van der Waals surface area contributed by atoms with Gasteiger partial charge in [-0.1, -0.05) is 143 Å². The van der Waals surface area contributed by atoms with Gasteiger partial charge in [0, 0.05) is 35.6 Å². The smallest absolute Gasteiger partial charge is 0.146 e. The van der Waals surface area contributed by atoms with E-state index in [0.717, 1.165) is 11.4 Å². The monoisotopic (exact) mass is 694 g/mol. The molecule has 6 rings (SSSR count). The molecule has 2 heterocycles. The minimum absolute atomic E-state index is 0.615. The van der Waals surface area contributed by atoms with Crippen molar-refractivity contribution in [1.29, 1.82) is 0 Å². The van der Waals surface area contributed by atoms with Crippen LogP contribution in [0.15, 0.2) is 60.7 Å². The van der Waals surface area contributed by atoms with Crippen molar-refractivity contribution in [2.45, 2.75) is 116 Å². The standard InChI is InChI=1S/C46H58N2Si2/c1-29(2)49(30(3)4,31(5)6)25-23-37-27-35-15-17-41-39-20-22-44-42(40(39)19-21-43(41)45(35)47(37)13)18-16-36-28-38(48(14)46(36)44)24-26-50(32(7)8,33(9)10)34(11)12/h15-22,27-34H,1-14H3. The molecule has 0 atom stereocenters. The Labute approximate surface area is 303 Å². The second kappa shape index (κ2) is 13.1. The highest BCUT2D eigenvalue weighted by atomic mass is 28.3. The van der Waals surface area contributed by atoms with E-state index in [1.165, 1.54) is 54.1 Å². The molecule has 0 unspecified atom stereocenters. The van der Waals surface area contributed by atoms with E-state index in [2.05, 4.69) is 190 Å². The van der Waals surface area contributed by atoms with Gasteiger partial charge in [0.05, 0.1) is 22.4 Å². The van der Waals surface area contributed by atoms with Crippen molar-refractivity contribution < 1.29 is 0 Å². The van der Waals surface area contributed by atoms with E-state index < -0.39 is 16.1 Å². The van der Waals surface area contributed by atoms with Gasteiger partial charge in [0.15, 0.2) is 0 Å². The number of aromatic nitrogens is 2. The summed E-state index contributed by atoms with van der Waals surface area (Å²) in [5.74, 6) is 7.47. The highest BCUT2D eigenvalue weighted by Gasteiger charge is 2.42. The van der Waals surface area contributed by atoms with Crippen molar-refractivity contribution >= 4 is 70.3 Å².